The second-order valence-corrected chi connectivity index (χ2v) is 8.84. The van der Waals surface area contributed by atoms with Crippen molar-refractivity contribution in [2.24, 2.45) is 7.05 Å². The summed E-state index contributed by atoms with van der Waals surface area (Å²) in [4.78, 5) is 16.3. The molecule has 144 valence electrons. The van der Waals surface area contributed by atoms with Gasteiger partial charge in [-0.25, -0.2) is 13.4 Å². The number of hydrogen-bond acceptors (Lipinski definition) is 5. The highest BCUT2D eigenvalue weighted by atomic mass is 32.2. The normalized spacial score (nSPS) is 21.4. The van der Waals surface area contributed by atoms with Crippen molar-refractivity contribution in [3.05, 3.63) is 42.0 Å². The van der Waals surface area contributed by atoms with Crippen LogP contribution in [0.15, 0.2) is 35.5 Å². The quantitative estimate of drug-likeness (QED) is 0.817. The minimum Gasteiger partial charge on any atom is -0.337 e. The summed E-state index contributed by atoms with van der Waals surface area (Å²) in [6.07, 6.45) is 5.35. The molecule has 2 aliphatic heterocycles. The zero-order valence-corrected chi connectivity index (χ0v) is 16.0. The molecule has 1 fully saturated rings. The molecule has 0 aliphatic carbocycles. The monoisotopic (exact) mass is 389 g/mol. The number of sulfonamides is 1. The fourth-order valence-corrected chi connectivity index (χ4v) is 5.38. The number of rotatable bonds is 3. The molecule has 0 bridgehead atoms. The molecule has 2 aliphatic rings. The van der Waals surface area contributed by atoms with Crippen molar-refractivity contribution in [1.29, 1.82) is 0 Å². The van der Waals surface area contributed by atoms with Crippen LogP contribution in [0, 0.1) is 0 Å². The van der Waals surface area contributed by atoms with E-state index in [1.54, 1.807) is 24.4 Å². The number of imidazole rings is 1. The number of nitrogens with zero attached hydrogens (tertiary/aromatic N) is 3. The number of aromatic nitrogens is 2. The lowest BCUT2D eigenvalue weighted by Gasteiger charge is -2.34. The van der Waals surface area contributed by atoms with Gasteiger partial charge >= 0.3 is 0 Å². The van der Waals surface area contributed by atoms with Gasteiger partial charge in [0.1, 0.15) is 5.82 Å². The van der Waals surface area contributed by atoms with E-state index in [4.69, 9.17) is 0 Å². The summed E-state index contributed by atoms with van der Waals surface area (Å²) in [6.45, 7) is 1.50. The second kappa shape index (κ2) is 7.06. The van der Waals surface area contributed by atoms with Crippen LogP contribution in [0.1, 0.15) is 30.3 Å². The van der Waals surface area contributed by atoms with Crippen LogP contribution in [-0.2, 0) is 28.3 Å². The molecule has 1 amide bonds. The van der Waals surface area contributed by atoms with Gasteiger partial charge in [0.2, 0.25) is 15.9 Å². The van der Waals surface area contributed by atoms with Crippen LogP contribution in [0.3, 0.4) is 0 Å². The number of fused-ring (bicyclic) bond motifs is 1. The predicted octanol–water partition coefficient (Wildman–Crippen LogP) is 1.03. The Kier molecular flexibility index (Phi) is 4.75. The topological polar surface area (TPSA) is 96.3 Å². The van der Waals surface area contributed by atoms with E-state index in [1.165, 1.54) is 4.31 Å². The van der Waals surface area contributed by atoms with E-state index in [-0.39, 0.29) is 16.8 Å². The van der Waals surface area contributed by atoms with Crippen molar-refractivity contribution in [2.45, 2.75) is 30.2 Å². The third-order valence-electron chi connectivity index (χ3n) is 5.16. The molecule has 2 aromatic rings. The number of piperazine rings is 1. The lowest BCUT2D eigenvalue weighted by atomic mass is 10.1. The van der Waals surface area contributed by atoms with E-state index in [2.05, 4.69) is 15.6 Å². The molecular weight excluding hydrogens is 366 g/mol. The van der Waals surface area contributed by atoms with Crippen molar-refractivity contribution in [3.8, 4) is 0 Å². The number of nitrogens with one attached hydrogen (secondary N) is 2. The smallest absolute Gasteiger partial charge is 0.243 e. The molecule has 0 spiro atoms. The number of carbonyl (C=O) groups excluding carboxylic acids is 1. The van der Waals surface area contributed by atoms with Gasteiger partial charge in [-0.15, -0.1) is 0 Å². The molecule has 3 heterocycles. The van der Waals surface area contributed by atoms with Gasteiger partial charge in [-0.2, -0.15) is 4.31 Å². The Bertz CT molecular complexity index is 969. The highest BCUT2D eigenvalue weighted by molar-refractivity contribution is 7.89. The van der Waals surface area contributed by atoms with Gasteiger partial charge in [-0.05, 0) is 36.6 Å². The van der Waals surface area contributed by atoms with E-state index in [1.807, 2.05) is 17.8 Å². The summed E-state index contributed by atoms with van der Waals surface area (Å²) in [7, 11) is -1.82. The predicted molar refractivity (Wildman–Crippen MR) is 101 cm³/mol. The van der Waals surface area contributed by atoms with Gasteiger partial charge in [0.05, 0.1) is 10.9 Å². The Morgan fingerprint density at radius 1 is 1.26 bits per heavy atom. The van der Waals surface area contributed by atoms with E-state index in [9.17, 15) is 13.2 Å². The summed E-state index contributed by atoms with van der Waals surface area (Å²) < 4.78 is 30.2. The van der Waals surface area contributed by atoms with Crippen LogP contribution in [0.25, 0.3) is 0 Å². The Balaban J connectivity index is 1.71. The van der Waals surface area contributed by atoms with Crippen molar-refractivity contribution in [3.63, 3.8) is 0 Å². The van der Waals surface area contributed by atoms with Crippen LogP contribution in [0.4, 0.5) is 5.69 Å². The minimum absolute atomic E-state index is 0.0266. The van der Waals surface area contributed by atoms with E-state index < -0.39 is 10.0 Å². The first-order valence-electron chi connectivity index (χ1n) is 9.09. The summed E-state index contributed by atoms with van der Waals surface area (Å²) >= 11 is 0. The van der Waals surface area contributed by atoms with Crippen LogP contribution in [-0.4, -0.2) is 47.8 Å². The molecule has 0 radical (unpaired) electrons. The maximum absolute atomic E-state index is 13.4. The maximum atomic E-state index is 13.4. The van der Waals surface area contributed by atoms with Gasteiger partial charge in [0.25, 0.3) is 0 Å². The first kappa shape index (κ1) is 18.1. The number of aryl methyl sites for hydroxylation is 2. The first-order valence-corrected chi connectivity index (χ1v) is 10.5. The van der Waals surface area contributed by atoms with Gasteiger partial charge in [0.15, 0.2) is 0 Å². The minimum atomic E-state index is -3.69. The van der Waals surface area contributed by atoms with Crippen molar-refractivity contribution in [1.82, 2.24) is 19.2 Å². The largest absolute Gasteiger partial charge is 0.337 e. The third-order valence-corrected chi connectivity index (χ3v) is 7.06. The van der Waals surface area contributed by atoms with Crippen LogP contribution < -0.4 is 10.6 Å². The highest BCUT2D eigenvalue weighted by Crippen LogP contribution is 2.31. The van der Waals surface area contributed by atoms with E-state index in [0.29, 0.717) is 50.4 Å². The zero-order valence-electron chi connectivity index (χ0n) is 15.2. The van der Waals surface area contributed by atoms with E-state index >= 15 is 0 Å². The fourth-order valence-electron chi connectivity index (χ4n) is 3.74. The third kappa shape index (κ3) is 3.38. The number of hydrogen-bond donors (Lipinski definition) is 2. The molecular formula is C18H23N5O3S. The Hall–Kier alpha value is -2.23. The van der Waals surface area contributed by atoms with Crippen LogP contribution >= 0.6 is 0 Å². The lowest BCUT2D eigenvalue weighted by Crippen LogP contribution is -2.49. The Labute approximate surface area is 158 Å². The first-order chi connectivity index (χ1) is 13.0. The van der Waals surface area contributed by atoms with Gasteiger partial charge in [-0.1, -0.05) is 0 Å². The molecule has 8 nitrogen and oxygen atoms in total. The Morgan fingerprint density at radius 2 is 2.11 bits per heavy atom. The second-order valence-electron chi connectivity index (χ2n) is 6.95. The average Bonchev–Trinajstić information content (AvgIpc) is 2.99. The molecule has 4 rings (SSSR count). The summed E-state index contributed by atoms with van der Waals surface area (Å²) in [5.41, 5.74) is 1.57. The number of carbonyl (C=O) groups is 1. The fraction of sp³-hybridized carbons (Fsp3) is 0.444. The standard InChI is InChI=1S/C18H23N5O3S/c1-22-9-8-20-18(22)16-12-19-7-10-23(16)27(25,26)14-5-6-15-13(11-14)3-2-4-17(24)21-15/h5-6,8-9,11,16,19H,2-4,7,10,12H2,1H3,(H,21,24). The lowest BCUT2D eigenvalue weighted by molar-refractivity contribution is -0.116. The van der Waals surface area contributed by atoms with Crippen molar-refractivity contribution in [2.75, 3.05) is 25.0 Å². The number of amides is 1. The summed E-state index contributed by atoms with van der Waals surface area (Å²) in [5.74, 6) is 0.689. The highest BCUT2D eigenvalue weighted by Gasteiger charge is 2.36. The molecule has 1 aromatic carbocycles. The molecule has 0 saturated carbocycles. The molecule has 27 heavy (non-hydrogen) atoms. The molecule has 2 N–H and O–H groups in total. The van der Waals surface area contributed by atoms with Gasteiger partial charge < -0.3 is 15.2 Å². The molecule has 1 unspecified atom stereocenters. The van der Waals surface area contributed by atoms with Crippen LogP contribution in [0.5, 0.6) is 0 Å². The molecule has 1 atom stereocenters. The van der Waals surface area contributed by atoms with Gasteiger partial charge in [-0.3, -0.25) is 4.79 Å². The van der Waals surface area contributed by atoms with Gasteiger partial charge in [0, 0.05) is 51.2 Å². The number of benzene rings is 1. The zero-order chi connectivity index (χ0) is 19.0. The summed E-state index contributed by atoms with van der Waals surface area (Å²) in [6, 6.07) is 4.62. The molecule has 1 aromatic heterocycles. The van der Waals surface area contributed by atoms with Crippen LogP contribution in [0.2, 0.25) is 0 Å². The number of anilines is 1. The summed E-state index contributed by atoms with van der Waals surface area (Å²) in [5, 5.41) is 6.11. The van der Waals surface area contributed by atoms with Crippen molar-refractivity contribution >= 4 is 21.6 Å². The molecule has 1 saturated heterocycles. The van der Waals surface area contributed by atoms with E-state index in [0.717, 1.165) is 5.56 Å². The SMILES string of the molecule is Cn1ccnc1C1CNCCN1S(=O)(=O)c1ccc2c(c1)CCCC(=O)N2. The van der Waals surface area contributed by atoms with Crippen molar-refractivity contribution < 1.29 is 13.2 Å². The average molecular weight is 389 g/mol. The Morgan fingerprint density at radius 3 is 2.89 bits per heavy atom. The molecule has 9 heteroatoms. The maximum Gasteiger partial charge on any atom is 0.243 e.